The lowest BCUT2D eigenvalue weighted by molar-refractivity contribution is 0.0685. The molecule has 106 valence electrons. The molecule has 0 aliphatic heterocycles. The van der Waals surface area contributed by atoms with Gasteiger partial charge in [-0.2, -0.15) is 0 Å². The van der Waals surface area contributed by atoms with Crippen LogP contribution >= 0.6 is 0 Å². The zero-order chi connectivity index (χ0) is 15.0. The van der Waals surface area contributed by atoms with E-state index in [0.29, 0.717) is 12.2 Å². The molecule has 1 N–H and O–H groups in total. The average molecular weight is 280 g/mol. The summed E-state index contributed by atoms with van der Waals surface area (Å²) < 4.78 is 1.78. The van der Waals surface area contributed by atoms with Gasteiger partial charge in [0.1, 0.15) is 5.69 Å². The molecule has 0 saturated heterocycles. The number of carboxylic acid groups (broad SMARTS) is 1. The molecule has 3 aromatic rings. The first-order valence-electron chi connectivity index (χ1n) is 6.80. The number of pyridine rings is 1. The van der Waals surface area contributed by atoms with Crippen molar-refractivity contribution in [3.8, 4) is 0 Å². The van der Waals surface area contributed by atoms with Crippen LogP contribution in [0.2, 0.25) is 0 Å². The number of hydrogen-bond acceptors (Lipinski definition) is 2. The van der Waals surface area contributed by atoms with Crippen molar-refractivity contribution in [1.82, 2.24) is 9.55 Å². The molecule has 0 atom stereocenters. The Labute approximate surface area is 122 Å². The van der Waals surface area contributed by atoms with Crippen molar-refractivity contribution < 1.29 is 9.90 Å². The second-order valence-corrected chi connectivity index (χ2v) is 5.22. The van der Waals surface area contributed by atoms with Gasteiger partial charge in [-0.1, -0.05) is 18.2 Å². The number of nitrogens with zero attached hydrogens (tertiary/aromatic N) is 2. The van der Waals surface area contributed by atoms with E-state index < -0.39 is 5.97 Å². The molecule has 0 fully saturated rings. The fourth-order valence-corrected chi connectivity index (χ4v) is 2.71. The van der Waals surface area contributed by atoms with Crippen LogP contribution < -0.4 is 0 Å². The number of carboxylic acids is 1. The van der Waals surface area contributed by atoms with E-state index >= 15 is 0 Å². The van der Waals surface area contributed by atoms with Gasteiger partial charge in [-0.05, 0) is 43.2 Å². The molecule has 4 heteroatoms. The van der Waals surface area contributed by atoms with Gasteiger partial charge in [0, 0.05) is 23.8 Å². The Morgan fingerprint density at radius 2 is 2.00 bits per heavy atom. The third-order valence-corrected chi connectivity index (χ3v) is 3.64. The lowest BCUT2D eigenvalue weighted by Crippen LogP contribution is -2.10. The van der Waals surface area contributed by atoms with Crippen LogP contribution in [0.3, 0.4) is 0 Å². The first kappa shape index (κ1) is 13.4. The topological polar surface area (TPSA) is 55.1 Å². The molecular formula is C17H16N2O2. The van der Waals surface area contributed by atoms with Gasteiger partial charge in [0.2, 0.25) is 0 Å². The van der Waals surface area contributed by atoms with Gasteiger partial charge in [-0.15, -0.1) is 0 Å². The lowest BCUT2D eigenvalue weighted by Gasteiger charge is -2.11. The smallest absolute Gasteiger partial charge is 0.352 e. The molecule has 4 nitrogen and oxygen atoms in total. The maximum Gasteiger partial charge on any atom is 0.352 e. The summed E-state index contributed by atoms with van der Waals surface area (Å²) in [5.74, 6) is -0.896. The maximum absolute atomic E-state index is 11.4. The summed E-state index contributed by atoms with van der Waals surface area (Å²) in [6, 6.07) is 11.8. The van der Waals surface area contributed by atoms with Crippen molar-refractivity contribution >= 4 is 16.9 Å². The molecule has 0 radical (unpaired) electrons. The highest BCUT2D eigenvalue weighted by Gasteiger charge is 2.14. The highest BCUT2D eigenvalue weighted by atomic mass is 16.4. The third kappa shape index (κ3) is 2.40. The molecular weight excluding hydrogens is 264 g/mol. The molecule has 0 bridgehead atoms. The summed E-state index contributed by atoms with van der Waals surface area (Å²) in [4.78, 5) is 15.9. The zero-order valence-corrected chi connectivity index (χ0v) is 12.0. The molecule has 3 rings (SSSR count). The van der Waals surface area contributed by atoms with Crippen molar-refractivity contribution in [3.63, 3.8) is 0 Å². The van der Waals surface area contributed by atoms with Gasteiger partial charge in [-0.3, -0.25) is 4.98 Å². The van der Waals surface area contributed by atoms with Crippen molar-refractivity contribution in [3.05, 3.63) is 65.1 Å². The quantitative estimate of drug-likeness (QED) is 0.800. The van der Waals surface area contributed by atoms with Crippen molar-refractivity contribution in [2.45, 2.75) is 20.4 Å². The van der Waals surface area contributed by atoms with Crippen LogP contribution in [0.25, 0.3) is 10.9 Å². The fourth-order valence-electron chi connectivity index (χ4n) is 2.71. The Morgan fingerprint density at radius 1 is 1.24 bits per heavy atom. The van der Waals surface area contributed by atoms with Gasteiger partial charge in [0.05, 0.1) is 5.52 Å². The summed E-state index contributed by atoms with van der Waals surface area (Å²) in [6.45, 7) is 4.30. The first-order chi connectivity index (χ1) is 10.1. The van der Waals surface area contributed by atoms with Gasteiger partial charge in [0.15, 0.2) is 0 Å². The minimum Gasteiger partial charge on any atom is -0.477 e. The number of carbonyl (C=O) groups is 1. The molecule has 0 aliphatic carbocycles. The van der Waals surface area contributed by atoms with Crippen LogP contribution in [-0.4, -0.2) is 20.6 Å². The van der Waals surface area contributed by atoms with Gasteiger partial charge in [-0.25, -0.2) is 4.79 Å². The molecule has 0 spiro atoms. The third-order valence-electron chi connectivity index (χ3n) is 3.64. The predicted molar refractivity (Wildman–Crippen MR) is 81.7 cm³/mol. The van der Waals surface area contributed by atoms with Gasteiger partial charge in [0.25, 0.3) is 0 Å². The van der Waals surface area contributed by atoms with Crippen LogP contribution in [0.5, 0.6) is 0 Å². The van der Waals surface area contributed by atoms with E-state index in [1.165, 1.54) is 0 Å². The first-order valence-corrected chi connectivity index (χ1v) is 6.80. The normalized spacial score (nSPS) is 11.0. The largest absolute Gasteiger partial charge is 0.477 e. The molecule has 0 unspecified atom stereocenters. The van der Waals surface area contributed by atoms with Crippen LogP contribution in [-0.2, 0) is 6.54 Å². The van der Waals surface area contributed by atoms with Crippen LogP contribution in [0.1, 0.15) is 27.3 Å². The Kier molecular flexibility index (Phi) is 3.22. The predicted octanol–water partition coefficient (Wildman–Crippen LogP) is 3.40. The van der Waals surface area contributed by atoms with Crippen molar-refractivity contribution in [1.29, 1.82) is 0 Å². The summed E-state index contributed by atoms with van der Waals surface area (Å²) >= 11 is 0. The molecule has 2 heterocycles. The fraction of sp³-hybridized carbons (Fsp3) is 0.176. The highest BCUT2D eigenvalue weighted by molar-refractivity contribution is 5.88. The number of hydrogen-bond donors (Lipinski definition) is 1. The van der Waals surface area contributed by atoms with Crippen molar-refractivity contribution in [2.75, 3.05) is 0 Å². The second kappa shape index (κ2) is 5.05. The highest BCUT2D eigenvalue weighted by Crippen LogP contribution is 2.21. The minimum absolute atomic E-state index is 0.341. The Balaban J connectivity index is 2.12. The SMILES string of the molecule is Cc1cc(Cn2ccc(C)c2C(=O)O)c2ccccc2n1. The van der Waals surface area contributed by atoms with E-state index in [9.17, 15) is 9.90 Å². The molecule has 1 aromatic carbocycles. The number of aryl methyl sites for hydroxylation is 2. The van der Waals surface area contributed by atoms with E-state index in [1.54, 1.807) is 4.57 Å². The number of aromatic nitrogens is 2. The summed E-state index contributed by atoms with van der Waals surface area (Å²) in [5, 5.41) is 10.4. The summed E-state index contributed by atoms with van der Waals surface area (Å²) in [6.07, 6.45) is 1.82. The zero-order valence-electron chi connectivity index (χ0n) is 12.0. The van der Waals surface area contributed by atoms with E-state index in [1.807, 2.05) is 56.4 Å². The van der Waals surface area contributed by atoms with Crippen molar-refractivity contribution in [2.24, 2.45) is 0 Å². The number of benzene rings is 1. The summed E-state index contributed by atoms with van der Waals surface area (Å²) in [7, 11) is 0. The Morgan fingerprint density at radius 3 is 2.76 bits per heavy atom. The van der Waals surface area contributed by atoms with E-state index in [0.717, 1.165) is 27.7 Å². The Hall–Kier alpha value is -2.62. The van der Waals surface area contributed by atoms with Crippen LogP contribution in [0.4, 0.5) is 0 Å². The van der Waals surface area contributed by atoms with Gasteiger partial charge >= 0.3 is 5.97 Å². The number of aromatic carboxylic acids is 1. The molecule has 0 amide bonds. The lowest BCUT2D eigenvalue weighted by atomic mass is 10.1. The van der Waals surface area contributed by atoms with Crippen LogP contribution in [0.15, 0.2) is 42.6 Å². The molecule has 2 aromatic heterocycles. The number of rotatable bonds is 3. The second-order valence-electron chi connectivity index (χ2n) is 5.22. The monoisotopic (exact) mass is 280 g/mol. The number of fused-ring (bicyclic) bond motifs is 1. The van der Waals surface area contributed by atoms with Crippen LogP contribution in [0, 0.1) is 13.8 Å². The molecule has 0 saturated carbocycles. The van der Waals surface area contributed by atoms with E-state index in [2.05, 4.69) is 4.98 Å². The standard InChI is InChI=1S/C17H16N2O2/c1-11-7-8-19(16(11)17(20)21)10-13-9-12(2)18-15-6-4-3-5-14(13)15/h3-9H,10H2,1-2H3,(H,20,21). The Bertz CT molecular complexity index is 834. The minimum atomic E-state index is -0.896. The number of para-hydroxylation sites is 1. The van der Waals surface area contributed by atoms with E-state index in [-0.39, 0.29) is 0 Å². The average Bonchev–Trinajstić information content (AvgIpc) is 2.79. The van der Waals surface area contributed by atoms with E-state index in [4.69, 9.17) is 0 Å². The molecule has 0 aliphatic rings. The summed E-state index contributed by atoms with van der Waals surface area (Å²) in [5.41, 5.74) is 4.07. The molecule has 21 heavy (non-hydrogen) atoms. The van der Waals surface area contributed by atoms with Gasteiger partial charge < -0.3 is 9.67 Å². The maximum atomic E-state index is 11.4.